The molecule has 0 aliphatic carbocycles. The van der Waals surface area contributed by atoms with E-state index >= 15 is 0 Å². The van der Waals surface area contributed by atoms with E-state index in [1.165, 1.54) is 19.3 Å². The Kier molecular flexibility index (Phi) is 7.15. The van der Waals surface area contributed by atoms with Crippen LogP contribution >= 0.6 is 0 Å². The summed E-state index contributed by atoms with van der Waals surface area (Å²) in [7, 11) is 1.68. The van der Waals surface area contributed by atoms with Gasteiger partial charge in [-0.1, -0.05) is 19.8 Å². The van der Waals surface area contributed by atoms with Crippen LogP contribution in [0, 0.1) is 0 Å². The first-order valence-corrected chi connectivity index (χ1v) is 3.59. The first-order chi connectivity index (χ1) is 4.41. The van der Waals surface area contributed by atoms with E-state index < -0.39 is 0 Å². The molecule has 0 radical (unpaired) electrons. The third-order valence-electron chi connectivity index (χ3n) is 1.21. The summed E-state index contributed by atoms with van der Waals surface area (Å²) >= 11 is 0. The Morgan fingerprint density at radius 3 is 2.67 bits per heavy atom. The van der Waals surface area contributed by atoms with Gasteiger partial charge in [-0.25, -0.2) is 0 Å². The van der Waals surface area contributed by atoms with Crippen molar-refractivity contribution >= 4 is 0 Å². The quantitative estimate of drug-likeness (QED) is 0.408. The molecule has 0 bridgehead atoms. The van der Waals surface area contributed by atoms with E-state index in [4.69, 9.17) is 4.74 Å². The fourth-order valence-electron chi connectivity index (χ4n) is 0.676. The van der Waals surface area contributed by atoms with Gasteiger partial charge in [0.25, 0.3) is 0 Å². The molecule has 0 aliphatic rings. The zero-order chi connectivity index (χ0) is 6.95. The highest BCUT2D eigenvalue weighted by molar-refractivity contribution is 4.72. The van der Waals surface area contributed by atoms with Crippen LogP contribution in [0.15, 0.2) is 12.3 Å². The lowest BCUT2D eigenvalue weighted by atomic mass is 10.2. The molecule has 0 heterocycles. The first-order valence-electron chi connectivity index (χ1n) is 3.59. The molecule has 0 amide bonds. The molecule has 0 aromatic carbocycles. The number of ether oxygens (including phenoxy) is 1. The molecule has 0 aromatic heterocycles. The maximum Gasteiger partial charge on any atom is 0.0784 e. The molecule has 0 fully saturated rings. The average molecular weight is 128 g/mol. The molecular weight excluding hydrogens is 112 g/mol. The smallest absolute Gasteiger partial charge is 0.0784 e. The van der Waals surface area contributed by atoms with Crippen LogP contribution in [0.1, 0.15) is 32.6 Å². The Hall–Kier alpha value is -0.460. The van der Waals surface area contributed by atoms with Crippen LogP contribution in [0.3, 0.4) is 0 Å². The van der Waals surface area contributed by atoms with Gasteiger partial charge in [0.15, 0.2) is 0 Å². The molecule has 0 saturated heterocycles. The second-order valence-electron chi connectivity index (χ2n) is 2.10. The number of unbranched alkanes of at least 4 members (excludes halogenated alkanes) is 3. The average Bonchev–Trinajstić information content (AvgIpc) is 1.89. The van der Waals surface area contributed by atoms with Gasteiger partial charge in [-0.05, 0) is 18.9 Å². The van der Waals surface area contributed by atoms with Crippen LogP contribution in [0.25, 0.3) is 0 Å². The normalized spacial score (nSPS) is 10.4. The van der Waals surface area contributed by atoms with Crippen molar-refractivity contribution in [2.45, 2.75) is 32.6 Å². The van der Waals surface area contributed by atoms with Crippen molar-refractivity contribution in [3.63, 3.8) is 0 Å². The number of rotatable bonds is 5. The molecule has 0 spiro atoms. The van der Waals surface area contributed by atoms with Gasteiger partial charge in [-0.15, -0.1) is 0 Å². The van der Waals surface area contributed by atoms with Crippen molar-refractivity contribution in [1.82, 2.24) is 0 Å². The SMILES string of the molecule is CCCCC/C=C/OC. The standard InChI is InChI=1S/C8H16O/c1-3-4-5-6-7-8-9-2/h7-8H,3-6H2,1-2H3/b8-7+. The Labute approximate surface area is 57.7 Å². The lowest BCUT2D eigenvalue weighted by molar-refractivity contribution is 0.336. The maximum absolute atomic E-state index is 4.74. The minimum atomic E-state index is 1.15. The van der Waals surface area contributed by atoms with Gasteiger partial charge in [-0.3, -0.25) is 0 Å². The van der Waals surface area contributed by atoms with Crippen molar-refractivity contribution in [3.8, 4) is 0 Å². The molecule has 0 saturated carbocycles. The summed E-state index contributed by atoms with van der Waals surface area (Å²) in [6.07, 6.45) is 8.87. The van der Waals surface area contributed by atoms with E-state index in [1.807, 2.05) is 0 Å². The number of hydrogen-bond acceptors (Lipinski definition) is 1. The predicted molar refractivity (Wildman–Crippen MR) is 40.3 cm³/mol. The third kappa shape index (κ3) is 7.54. The largest absolute Gasteiger partial charge is 0.505 e. The van der Waals surface area contributed by atoms with Gasteiger partial charge >= 0.3 is 0 Å². The fourth-order valence-corrected chi connectivity index (χ4v) is 0.676. The van der Waals surface area contributed by atoms with Crippen LogP contribution in [0.4, 0.5) is 0 Å². The van der Waals surface area contributed by atoms with Gasteiger partial charge in [-0.2, -0.15) is 0 Å². The highest BCUT2D eigenvalue weighted by Gasteiger charge is 1.79. The van der Waals surface area contributed by atoms with Crippen molar-refractivity contribution in [3.05, 3.63) is 12.3 Å². The molecular formula is C8H16O. The molecule has 0 atom stereocenters. The molecule has 0 N–H and O–H groups in total. The minimum Gasteiger partial charge on any atom is -0.505 e. The van der Waals surface area contributed by atoms with Crippen molar-refractivity contribution in [2.24, 2.45) is 0 Å². The summed E-state index contributed by atoms with van der Waals surface area (Å²) in [5.41, 5.74) is 0. The van der Waals surface area contributed by atoms with E-state index in [0.29, 0.717) is 0 Å². The van der Waals surface area contributed by atoms with E-state index in [-0.39, 0.29) is 0 Å². The van der Waals surface area contributed by atoms with Gasteiger partial charge in [0.1, 0.15) is 0 Å². The summed E-state index contributed by atoms with van der Waals surface area (Å²) in [6.45, 7) is 2.21. The van der Waals surface area contributed by atoms with Crippen LogP contribution < -0.4 is 0 Å². The minimum absolute atomic E-state index is 1.15. The highest BCUT2D eigenvalue weighted by atomic mass is 16.5. The number of methoxy groups -OCH3 is 1. The van der Waals surface area contributed by atoms with Crippen LogP contribution in [-0.4, -0.2) is 7.11 Å². The lowest BCUT2D eigenvalue weighted by Gasteiger charge is -1.90. The second kappa shape index (κ2) is 7.54. The fraction of sp³-hybridized carbons (Fsp3) is 0.750. The molecule has 0 aromatic rings. The maximum atomic E-state index is 4.74. The van der Waals surface area contributed by atoms with Crippen molar-refractivity contribution < 1.29 is 4.74 Å². The molecule has 0 unspecified atom stereocenters. The summed E-state index contributed by atoms with van der Waals surface area (Å²) in [6, 6.07) is 0. The molecule has 9 heavy (non-hydrogen) atoms. The highest BCUT2D eigenvalue weighted by Crippen LogP contribution is 1.98. The van der Waals surface area contributed by atoms with Gasteiger partial charge < -0.3 is 4.74 Å². The molecule has 1 heteroatoms. The van der Waals surface area contributed by atoms with Crippen LogP contribution in [0.2, 0.25) is 0 Å². The summed E-state index contributed by atoms with van der Waals surface area (Å²) in [5.74, 6) is 0. The zero-order valence-electron chi connectivity index (χ0n) is 6.39. The second-order valence-corrected chi connectivity index (χ2v) is 2.10. The Balaban J connectivity index is 2.82. The summed E-state index contributed by atoms with van der Waals surface area (Å²) < 4.78 is 4.74. The Morgan fingerprint density at radius 1 is 1.33 bits per heavy atom. The number of hydrogen-bond donors (Lipinski definition) is 0. The Bertz CT molecular complexity index is 67.0. The first kappa shape index (κ1) is 8.54. The molecule has 54 valence electrons. The van der Waals surface area contributed by atoms with E-state index in [1.54, 1.807) is 13.4 Å². The van der Waals surface area contributed by atoms with Gasteiger partial charge in [0.05, 0.1) is 13.4 Å². The monoisotopic (exact) mass is 128 g/mol. The molecule has 0 aliphatic heterocycles. The van der Waals surface area contributed by atoms with Crippen molar-refractivity contribution in [1.29, 1.82) is 0 Å². The van der Waals surface area contributed by atoms with E-state index in [0.717, 1.165) is 6.42 Å². The third-order valence-corrected chi connectivity index (χ3v) is 1.21. The van der Waals surface area contributed by atoms with E-state index in [2.05, 4.69) is 13.0 Å². The van der Waals surface area contributed by atoms with Gasteiger partial charge in [0, 0.05) is 0 Å². The summed E-state index contributed by atoms with van der Waals surface area (Å²) in [4.78, 5) is 0. The summed E-state index contributed by atoms with van der Waals surface area (Å²) in [5, 5.41) is 0. The number of allylic oxidation sites excluding steroid dienone is 1. The van der Waals surface area contributed by atoms with E-state index in [9.17, 15) is 0 Å². The van der Waals surface area contributed by atoms with Crippen molar-refractivity contribution in [2.75, 3.05) is 7.11 Å². The molecule has 0 rings (SSSR count). The Morgan fingerprint density at radius 2 is 2.11 bits per heavy atom. The predicted octanol–water partition coefficient (Wildman–Crippen LogP) is 2.73. The zero-order valence-corrected chi connectivity index (χ0v) is 6.39. The van der Waals surface area contributed by atoms with Gasteiger partial charge in [0.2, 0.25) is 0 Å². The topological polar surface area (TPSA) is 9.23 Å². The van der Waals surface area contributed by atoms with Crippen LogP contribution in [-0.2, 0) is 4.74 Å². The van der Waals surface area contributed by atoms with Crippen LogP contribution in [0.5, 0.6) is 0 Å². The molecule has 1 nitrogen and oxygen atoms in total. The lowest BCUT2D eigenvalue weighted by Crippen LogP contribution is -1.71.